The van der Waals surface area contributed by atoms with Crippen molar-refractivity contribution in [3.63, 3.8) is 0 Å². The average Bonchev–Trinajstić information content (AvgIpc) is 3.21. The number of fused-ring (bicyclic) bond motifs is 5. The van der Waals surface area contributed by atoms with Gasteiger partial charge in [-0.25, -0.2) is 4.21 Å². The Balaban J connectivity index is 0.000000662. The fourth-order valence-corrected chi connectivity index (χ4v) is 7.93. The van der Waals surface area contributed by atoms with Crippen LogP contribution in [0.25, 0.3) is 0 Å². The van der Waals surface area contributed by atoms with Crippen molar-refractivity contribution in [2.75, 3.05) is 51.1 Å². The molecule has 3 heterocycles. The molecule has 2 N–H and O–H groups in total. The number of halogens is 1. The van der Waals surface area contributed by atoms with Crippen LogP contribution in [0, 0.1) is 17.8 Å². The summed E-state index contributed by atoms with van der Waals surface area (Å²) in [7, 11) is 0.685. The molecule has 4 bridgehead atoms. The molecule has 2 fully saturated rings. The molecule has 1 saturated carbocycles. The van der Waals surface area contributed by atoms with Gasteiger partial charge in [-0.1, -0.05) is 37.1 Å². The molecule has 258 valence electrons. The minimum absolute atomic E-state index is 0.0124. The summed E-state index contributed by atoms with van der Waals surface area (Å²) >= 11 is 6.42. The van der Waals surface area contributed by atoms with E-state index < -0.39 is 17.1 Å². The number of amides is 2. The zero-order valence-electron chi connectivity index (χ0n) is 27.9. The second-order valence-electron chi connectivity index (χ2n) is 13.5. The van der Waals surface area contributed by atoms with E-state index in [-0.39, 0.29) is 18.2 Å². The van der Waals surface area contributed by atoms with Gasteiger partial charge in [0.25, 0.3) is 0 Å². The van der Waals surface area contributed by atoms with Gasteiger partial charge in [-0.05, 0) is 97.2 Å². The SMILES string of the molecule is CCCc1cc(Cl)ccc1C1COc2ccc3cc2N(C1)CC1CCC1C1CC(CCO1)CCN(C)C(=O)CC3O.CS(=O)NC=O. The highest BCUT2D eigenvalue weighted by Gasteiger charge is 2.42. The summed E-state index contributed by atoms with van der Waals surface area (Å²) in [6.07, 6.45) is 8.97. The van der Waals surface area contributed by atoms with Gasteiger partial charge in [-0.2, -0.15) is 0 Å². The third kappa shape index (κ3) is 9.08. The molecule has 11 heteroatoms. The molecule has 1 aliphatic carbocycles. The number of carbonyl (C=O) groups is 2. The number of nitrogens with one attached hydrogen (secondary N) is 1. The summed E-state index contributed by atoms with van der Waals surface area (Å²) in [4.78, 5) is 26.7. The van der Waals surface area contributed by atoms with Crippen LogP contribution < -0.4 is 14.4 Å². The Morgan fingerprint density at radius 2 is 1.96 bits per heavy atom. The number of ether oxygens (including phenoxy) is 2. The van der Waals surface area contributed by atoms with Gasteiger partial charge in [0, 0.05) is 50.5 Å². The van der Waals surface area contributed by atoms with E-state index >= 15 is 0 Å². The van der Waals surface area contributed by atoms with Gasteiger partial charge in [-0.15, -0.1) is 0 Å². The summed E-state index contributed by atoms with van der Waals surface area (Å²) < 4.78 is 24.7. The number of rotatable bonds is 5. The van der Waals surface area contributed by atoms with E-state index in [1.165, 1.54) is 30.2 Å². The maximum atomic E-state index is 13.0. The second-order valence-corrected chi connectivity index (χ2v) is 15.1. The predicted molar refractivity (Wildman–Crippen MR) is 186 cm³/mol. The van der Waals surface area contributed by atoms with Crippen molar-refractivity contribution in [3.05, 3.63) is 58.1 Å². The molecular formula is C36H50ClN3O6S. The van der Waals surface area contributed by atoms with E-state index in [9.17, 15) is 18.9 Å². The smallest absolute Gasteiger partial charge is 0.225 e. The Bertz CT molecular complexity index is 1410. The van der Waals surface area contributed by atoms with Crippen molar-refractivity contribution in [2.24, 2.45) is 17.8 Å². The van der Waals surface area contributed by atoms with Crippen molar-refractivity contribution < 1.29 is 28.4 Å². The van der Waals surface area contributed by atoms with Gasteiger partial charge < -0.3 is 24.4 Å². The first kappa shape index (κ1) is 35.6. The quantitative estimate of drug-likeness (QED) is 0.405. The van der Waals surface area contributed by atoms with Crippen LogP contribution >= 0.6 is 11.6 Å². The van der Waals surface area contributed by atoms with E-state index in [1.54, 1.807) is 4.90 Å². The second kappa shape index (κ2) is 16.6. The predicted octanol–water partition coefficient (Wildman–Crippen LogP) is 5.41. The van der Waals surface area contributed by atoms with E-state index in [0.29, 0.717) is 36.9 Å². The zero-order valence-corrected chi connectivity index (χ0v) is 29.4. The lowest BCUT2D eigenvalue weighted by Gasteiger charge is -2.47. The Labute approximate surface area is 286 Å². The maximum absolute atomic E-state index is 13.0. The monoisotopic (exact) mass is 687 g/mol. The molecule has 9 nitrogen and oxygen atoms in total. The van der Waals surface area contributed by atoms with Crippen LogP contribution in [-0.4, -0.2) is 78.8 Å². The lowest BCUT2D eigenvalue weighted by atomic mass is 9.67. The van der Waals surface area contributed by atoms with Crippen LogP contribution in [-0.2, 0) is 31.7 Å². The number of carbonyl (C=O) groups excluding carboxylic acids is 2. The fraction of sp³-hybridized carbons (Fsp3) is 0.611. The molecular weight excluding hydrogens is 638 g/mol. The molecule has 4 aliphatic rings. The Hall–Kier alpha value is -2.66. The first-order valence-electron chi connectivity index (χ1n) is 17.0. The summed E-state index contributed by atoms with van der Waals surface area (Å²) in [5.74, 6) is 2.75. The highest BCUT2D eigenvalue weighted by atomic mass is 35.5. The van der Waals surface area contributed by atoms with Crippen LogP contribution in [0.5, 0.6) is 5.75 Å². The van der Waals surface area contributed by atoms with Crippen molar-refractivity contribution in [1.29, 1.82) is 0 Å². The van der Waals surface area contributed by atoms with Crippen molar-refractivity contribution in [1.82, 2.24) is 9.62 Å². The lowest BCUT2D eigenvalue weighted by Crippen LogP contribution is -2.47. The minimum Gasteiger partial charge on any atom is -0.491 e. The van der Waals surface area contributed by atoms with E-state index in [2.05, 4.69) is 30.0 Å². The minimum atomic E-state index is -1.18. The molecule has 2 aromatic rings. The third-order valence-electron chi connectivity index (χ3n) is 10.4. The Kier molecular flexibility index (Phi) is 12.6. The summed E-state index contributed by atoms with van der Waals surface area (Å²) in [5.41, 5.74) is 4.41. The molecule has 7 atom stereocenters. The number of anilines is 1. The zero-order chi connectivity index (χ0) is 33.5. The summed E-state index contributed by atoms with van der Waals surface area (Å²) in [6, 6.07) is 12.3. The Morgan fingerprint density at radius 1 is 1.13 bits per heavy atom. The van der Waals surface area contributed by atoms with Crippen LogP contribution in [0.3, 0.4) is 0 Å². The van der Waals surface area contributed by atoms with Gasteiger partial charge in [0.1, 0.15) is 16.7 Å². The number of aliphatic hydroxyl groups is 1. The van der Waals surface area contributed by atoms with Crippen LogP contribution in [0.4, 0.5) is 5.69 Å². The molecule has 3 aliphatic heterocycles. The molecule has 0 aromatic heterocycles. The lowest BCUT2D eigenvalue weighted by molar-refractivity contribution is -0.132. The first-order valence-corrected chi connectivity index (χ1v) is 19.0. The number of hydrogen-bond acceptors (Lipinski definition) is 7. The number of hydrogen-bond donors (Lipinski definition) is 2. The van der Waals surface area contributed by atoms with Gasteiger partial charge in [0.15, 0.2) is 0 Å². The van der Waals surface area contributed by atoms with Crippen LogP contribution in [0.1, 0.15) is 80.6 Å². The van der Waals surface area contributed by atoms with E-state index in [1.807, 2.05) is 30.0 Å². The van der Waals surface area contributed by atoms with Crippen molar-refractivity contribution in [3.8, 4) is 5.75 Å². The topological polar surface area (TPSA) is 108 Å². The molecule has 2 aromatic carbocycles. The molecule has 0 spiro atoms. The highest BCUT2D eigenvalue weighted by Crippen LogP contribution is 2.45. The van der Waals surface area contributed by atoms with Crippen molar-refractivity contribution >= 4 is 40.6 Å². The average molecular weight is 688 g/mol. The highest BCUT2D eigenvalue weighted by molar-refractivity contribution is 7.82. The normalized spacial score (nSPS) is 28.3. The summed E-state index contributed by atoms with van der Waals surface area (Å²) in [6.45, 7) is 6.13. The standard InChI is InChI=1S/C34H45ClN2O4.C2H5NO2S/c1-3-4-23-16-27(35)7-9-28(23)26-20-37-19-25-5-8-29(25)33-15-22(12-14-40-33)11-13-36(2)34(39)18-31(38)24-6-10-32(41-21-26)30(37)17-24;1-6(5)3-2-4/h6-7,9-10,16-17,22,25-26,29,31,33,38H,3-5,8,11-15,18-21H2,1-2H3;2H,1H3,(H,3,4). The molecule has 6 rings (SSSR count). The third-order valence-corrected chi connectivity index (χ3v) is 11.0. The van der Waals surface area contributed by atoms with Gasteiger partial charge in [-0.3, -0.25) is 14.3 Å². The molecule has 7 unspecified atom stereocenters. The molecule has 0 radical (unpaired) electrons. The number of benzene rings is 2. The Morgan fingerprint density at radius 3 is 2.66 bits per heavy atom. The number of nitrogens with zero attached hydrogens (tertiary/aromatic N) is 2. The largest absolute Gasteiger partial charge is 0.491 e. The molecule has 2 amide bonds. The molecule has 1 saturated heterocycles. The van der Waals surface area contributed by atoms with E-state index in [0.717, 1.165) is 80.4 Å². The molecule has 47 heavy (non-hydrogen) atoms. The van der Waals surface area contributed by atoms with Gasteiger partial charge >= 0.3 is 0 Å². The first-order chi connectivity index (χ1) is 22.7. The van der Waals surface area contributed by atoms with Crippen LogP contribution in [0.15, 0.2) is 36.4 Å². The number of aryl methyl sites for hydroxylation is 1. The van der Waals surface area contributed by atoms with Crippen molar-refractivity contribution in [2.45, 2.75) is 76.4 Å². The summed E-state index contributed by atoms with van der Waals surface area (Å²) in [5, 5.41) is 12.0. The van der Waals surface area contributed by atoms with Gasteiger partial charge in [0.05, 0.1) is 30.9 Å². The van der Waals surface area contributed by atoms with Gasteiger partial charge in [0.2, 0.25) is 12.3 Å². The van der Waals surface area contributed by atoms with Crippen LogP contribution in [0.2, 0.25) is 5.02 Å². The maximum Gasteiger partial charge on any atom is 0.225 e. The number of aliphatic hydroxyl groups excluding tert-OH is 1. The van der Waals surface area contributed by atoms with E-state index in [4.69, 9.17) is 21.1 Å². The fourth-order valence-electron chi connectivity index (χ4n) is 7.60.